The Balaban J connectivity index is 1.47. The molecule has 3 rings (SSSR count). The molecule has 0 saturated carbocycles. The van der Waals surface area contributed by atoms with Gasteiger partial charge in [-0.2, -0.15) is 0 Å². The molecule has 2 aromatic rings. The van der Waals surface area contributed by atoms with E-state index in [1.54, 1.807) is 13.2 Å². The van der Waals surface area contributed by atoms with E-state index in [4.69, 9.17) is 10.5 Å². The van der Waals surface area contributed by atoms with Crippen LogP contribution in [0, 0.1) is 5.82 Å². The number of benzene rings is 1. The molecule has 10 heteroatoms. The van der Waals surface area contributed by atoms with E-state index in [0.29, 0.717) is 25.4 Å². The van der Waals surface area contributed by atoms with E-state index >= 15 is 0 Å². The minimum absolute atomic E-state index is 0.112. The first-order valence-electron chi connectivity index (χ1n) is 9.32. The molecular weight excluding hydrogens is 379 g/mol. The van der Waals surface area contributed by atoms with Crippen molar-refractivity contribution in [3.63, 3.8) is 0 Å². The van der Waals surface area contributed by atoms with E-state index in [1.807, 2.05) is 0 Å². The Morgan fingerprint density at radius 3 is 2.79 bits per heavy atom. The first-order valence-corrected chi connectivity index (χ1v) is 9.32. The number of halogens is 1. The Labute approximate surface area is 168 Å². The molecule has 1 aromatic heterocycles. The molecule has 1 atom stereocenters. The second-order valence-corrected chi connectivity index (χ2v) is 6.77. The summed E-state index contributed by atoms with van der Waals surface area (Å²) in [5.74, 6) is -0.0539. The summed E-state index contributed by atoms with van der Waals surface area (Å²) in [5.41, 5.74) is 6.05. The van der Waals surface area contributed by atoms with E-state index in [9.17, 15) is 14.3 Å². The van der Waals surface area contributed by atoms with E-state index in [1.165, 1.54) is 24.4 Å². The zero-order chi connectivity index (χ0) is 20.8. The van der Waals surface area contributed by atoms with Crippen molar-refractivity contribution in [1.29, 1.82) is 0 Å². The summed E-state index contributed by atoms with van der Waals surface area (Å²) >= 11 is 0. The van der Waals surface area contributed by atoms with Gasteiger partial charge in [-0.25, -0.2) is 14.4 Å². The van der Waals surface area contributed by atoms with Crippen molar-refractivity contribution in [3.8, 4) is 5.75 Å². The van der Waals surface area contributed by atoms with Crippen molar-refractivity contribution in [2.45, 2.75) is 6.10 Å². The Hall–Kier alpha value is -2.98. The number of β-amino-alcohol motifs (C(OH)–C–C–N with tert-alkyl or cyclic N) is 1. The van der Waals surface area contributed by atoms with Crippen LogP contribution in [0.5, 0.6) is 5.75 Å². The fourth-order valence-corrected chi connectivity index (χ4v) is 3.23. The number of aliphatic hydroxyl groups is 1. The van der Waals surface area contributed by atoms with Gasteiger partial charge in [0.25, 0.3) is 5.91 Å². The summed E-state index contributed by atoms with van der Waals surface area (Å²) < 4.78 is 18.9. The van der Waals surface area contributed by atoms with E-state index < -0.39 is 12.0 Å². The maximum atomic E-state index is 13.6. The third-order valence-corrected chi connectivity index (χ3v) is 4.73. The van der Waals surface area contributed by atoms with Crippen LogP contribution in [-0.4, -0.2) is 78.4 Å². The highest BCUT2D eigenvalue weighted by molar-refractivity contribution is 5.90. The normalized spacial score (nSPS) is 15.8. The molecule has 1 unspecified atom stereocenters. The number of aromatic nitrogens is 2. The molecule has 1 amide bonds. The lowest BCUT2D eigenvalue weighted by Gasteiger charge is -2.37. The second kappa shape index (κ2) is 9.48. The first kappa shape index (κ1) is 20.7. The smallest absolute Gasteiger partial charge is 0.267 e. The zero-order valence-electron chi connectivity index (χ0n) is 16.2. The molecule has 1 saturated heterocycles. The SMILES string of the molecule is COc1ccc(F)cc1N1CCN(CC(O)CNc2nccc(C(N)=O)n2)CC1. The average Bonchev–Trinajstić information content (AvgIpc) is 2.73. The van der Waals surface area contributed by atoms with Crippen LogP contribution in [0.1, 0.15) is 10.5 Å². The number of aliphatic hydroxyl groups excluding tert-OH is 1. The summed E-state index contributed by atoms with van der Waals surface area (Å²) in [4.78, 5) is 23.4. The molecule has 29 heavy (non-hydrogen) atoms. The summed E-state index contributed by atoms with van der Waals surface area (Å²) in [6.07, 6.45) is 0.785. The number of piperazine rings is 1. The second-order valence-electron chi connectivity index (χ2n) is 6.77. The molecular formula is C19H25FN6O3. The van der Waals surface area contributed by atoms with Crippen LogP contribution in [0.4, 0.5) is 16.0 Å². The lowest BCUT2D eigenvalue weighted by atomic mass is 10.2. The number of anilines is 2. The number of ether oxygens (including phenoxy) is 1. The topological polar surface area (TPSA) is 117 Å². The van der Waals surface area contributed by atoms with Gasteiger partial charge in [0.15, 0.2) is 0 Å². The van der Waals surface area contributed by atoms with Gasteiger partial charge in [0.1, 0.15) is 17.3 Å². The highest BCUT2D eigenvalue weighted by atomic mass is 19.1. The van der Waals surface area contributed by atoms with Crippen LogP contribution in [-0.2, 0) is 0 Å². The average molecular weight is 404 g/mol. The number of amides is 1. The number of primary amides is 1. The van der Waals surface area contributed by atoms with Crippen LogP contribution < -0.4 is 20.7 Å². The van der Waals surface area contributed by atoms with Crippen molar-refractivity contribution in [2.24, 2.45) is 5.73 Å². The third kappa shape index (κ3) is 5.52. The van der Waals surface area contributed by atoms with Gasteiger partial charge in [-0.3, -0.25) is 9.69 Å². The Kier molecular flexibility index (Phi) is 6.78. The lowest BCUT2D eigenvalue weighted by molar-refractivity contribution is 0.0995. The van der Waals surface area contributed by atoms with Crippen molar-refractivity contribution >= 4 is 17.5 Å². The van der Waals surface area contributed by atoms with Gasteiger partial charge >= 0.3 is 0 Å². The van der Waals surface area contributed by atoms with Gasteiger partial charge in [-0.1, -0.05) is 0 Å². The molecule has 0 bridgehead atoms. The van der Waals surface area contributed by atoms with Gasteiger partial charge in [-0.15, -0.1) is 0 Å². The molecule has 9 nitrogen and oxygen atoms in total. The first-order chi connectivity index (χ1) is 14.0. The van der Waals surface area contributed by atoms with Crippen LogP contribution in [0.3, 0.4) is 0 Å². The van der Waals surface area contributed by atoms with E-state index in [2.05, 4.69) is 25.1 Å². The summed E-state index contributed by atoms with van der Waals surface area (Å²) in [5, 5.41) is 13.2. The number of nitrogens with one attached hydrogen (secondary N) is 1. The number of carbonyl (C=O) groups is 1. The quantitative estimate of drug-likeness (QED) is 0.576. The minimum atomic E-state index is -0.647. The molecule has 0 aliphatic carbocycles. The lowest BCUT2D eigenvalue weighted by Crippen LogP contribution is -2.49. The summed E-state index contributed by atoms with van der Waals surface area (Å²) in [6.45, 7) is 3.55. The van der Waals surface area contributed by atoms with Crippen molar-refractivity contribution in [1.82, 2.24) is 14.9 Å². The number of methoxy groups -OCH3 is 1. The fraction of sp³-hybridized carbons (Fsp3) is 0.421. The molecule has 1 fully saturated rings. The monoisotopic (exact) mass is 404 g/mol. The molecule has 2 heterocycles. The predicted octanol–water partition coefficient (Wildman–Crippen LogP) is 0.318. The number of hydrogen-bond donors (Lipinski definition) is 3. The molecule has 0 spiro atoms. The van der Waals surface area contributed by atoms with Gasteiger partial charge < -0.3 is 25.8 Å². The van der Waals surface area contributed by atoms with Gasteiger partial charge in [-0.05, 0) is 18.2 Å². The van der Waals surface area contributed by atoms with Crippen molar-refractivity contribution in [2.75, 3.05) is 56.6 Å². The standard InChI is InChI=1S/C19H25FN6O3/c1-29-17-3-2-13(20)10-16(17)26-8-6-25(7-9-26)12-14(27)11-23-19-22-5-4-15(24-19)18(21)28/h2-5,10,14,27H,6-9,11-12H2,1H3,(H2,21,28)(H,22,23,24). The van der Waals surface area contributed by atoms with Crippen LogP contribution in [0.2, 0.25) is 0 Å². The molecule has 1 aromatic carbocycles. The molecule has 1 aliphatic rings. The van der Waals surface area contributed by atoms with Crippen molar-refractivity contribution in [3.05, 3.63) is 42.0 Å². The van der Waals surface area contributed by atoms with Crippen LogP contribution >= 0.6 is 0 Å². The van der Waals surface area contributed by atoms with Gasteiger partial charge in [0, 0.05) is 51.5 Å². The zero-order valence-corrected chi connectivity index (χ0v) is 16.2. The Bertz CT molecular complexity index is 844. The highest BCUT2D eigenvalue weighted by Gasteiger charge is 2.22. The molecule has 1 aliphatic heterocycles. The largest absolute Gasteiger partial charge is 0.495 e. The summed E-state index contributed by atoms with van der Waals surface area (Å²) in [6, 6.07) is 5.91. The van der Waals surface area contributed by atoms with E-state index in [0.717, 1.165) is 18.8 Å². The number of nitrogens with two attached hydrogens (primary N) is 1. The fourth-order valence-electron chi connectivity index (χ4n) is 3.23. The predicted molar refractivity (Wildman–Crippen MR) is 107 cm³/mol. The van der Waals surface area contributed by atoms with Crippen LogP contribution in [0.25, 0.3) is 0 Å². The number of hydrogen-bond acceptors (Lipinski definition) is 8. The summed E-state index contributed by atoms with van der Waals surface area (Å²) in [7, 11) is 1.57. The highest BCUT2D eigenvalue weighted by Crippen LogP contribution is 2.29. The maximum Gasteiger partial charge on any atom is 0.267 e. The maximum absolute atomic E-state index is 13.6. The number of rotatable bonds is 8. The molecule has 0 radical (unpaired) electrons. The van der Waals surface area contributed by atoms with E-state index in [-0.39, 0.29) is 24.0 Å². The minimum Gasteiger partial charge on any atom is -0.495 e. The van der Waals surface area contributed by atoms with Crippen LogP contribution in [0.15, 0.2) is 30.5 Å². The third-order valence-electron chi connectivity index (χ3n) is 4.73. The number of carbonyl (C=O) groups excluding carboxylic acids is 1. The van der Waals surface area contributed by atoms with Crippen molar-refractivity contribution < 1.29 is 19.0 Å². The number of nitrogens with zero attached hydrogens (tertiary/aromatic N) is 4. The molecule has 156 valence electrons. The Morgan fingerprint density at radius 1 is 1.34 bits per heavy atom. The van der Waals surface area contributed by atoms with Gasteiger partial charge in [0.05, 0.1) is 18.9 Å². The Morgan fingerprint density at radius 2 is 2.10 bits per heavy atom. The van der Waals surface area contributed by atoms with Gasteiger partial charge in [0.2, 0.25) is 5.95 Å². The molecule has 4 N–H and O–H groups in total.